The average Bonchev–Trinajstić information content (AvgIpc) is 2.77. The molecular weight excluding hydrogens is 443 g/mol. The number of nitrogens with zero attached hydrogens (tertiary/aromatic N) is 2. The quantitative estimate of drug-likeness (QED) is 0.637. The fraction of sp³-hybridized carbons (Fsp3) is 0.611. The molecule has 2 aliphatic rings. The Morgan fingerprint density at radius 3 is 2.29 bits per heavy atom. The standard InChI is InChI=1S/C18H24F3N3O6S/c19-18(20,21)13-30-16-2-1-14(31(26,27)24-5-9-29-10-6-24)11-15(16)22-12-17(25)23-3-7-28-8-4-23/h1-2,11,22H,3-10,12-13H2. The molecule has 0 atom stereocenters. The largest absolute Gasteiger partial charge is 0.482 e. The molecule has 0 aromatic heterocycles. The maximum absolute atomic E-state index is 12.9. The molecule has 2 heterocycles. The number of carbonyl (C=O) groups excluding carboxylic acids is 1. The van der Waals surface area contributed by atoms with Crippen molar-refractivity contribution in [2.24, 2.45) is 0 Å². The molecule has 31 heavy (non-hydrogen) atoms. The minimum Gasteiger partial charge on any atom is -0.482 e. The van der Waals surface area contributed by atoms with Crippen molar-refractivity contribution in [2.75, 3.05) is 71.1 Å². The first-order valence-electron chi connectivity index (χ1n) is 9.68. The van der Waals surface area contributed by atoms with Gasteiger partial charge in [0, 0.05) is 26.2 Å². The maximum atomic E-state index is 12.9. The van der Waals surface area contributed by atoms with Crippen LogP contribution in [0.3, 0.4) is 0 Å². The van der Waals surface area contributed by atoms with Crippen LogP contribution in [0.25, 0.3) is 0 Å². The van der Waals surface area contributed by atoms with Crippen LogP contribution in [0.4, 0.5) is 18.9 Å². The van der Waals surface area contributed by atoms with Crippen LogP contribution in [0.5, 0.6) is 5.75 Å². The minimum atomic E-state index is -4.57. The molecule has 0 unspecified atom stereocenters. The second kappa shape index (κ2) is 10.0. The Hall–Kier alpha value is -2.09. The van der Waals surface area contributed by atoms with E-state index in [4.69, 9.17) is 14.2 Å². The molecule has 2 fully saturated rings. The van der Waals surface area contributed by atoms with E-state index in [1.807, 2.05) is 0 Å². The predicted octanol–water partition coefficient (Wildman–Crippen LogP) is 0.919. The zero-order valence-electron chi connectivity index (χ0n) is 16.7. The van der Waals surface area contributed by atoms with Gasteiger partial charge in [-0.3, -0.25) is 4.79 Å². The van der Waals surface area contributed by atoms with E-state index < -0.39 is 22.8 Å². The minimum absolute atomic E-state index is 0.0137. The Morgan fingerprint density at radius 2 is 1.68 bits per heavy atom. The Bertz CT molecular complexity index is 869. The van der Waals surface area contributed by atoms with Crippen LogP contribution in [-0.2, 0) is 24.3 Å². The lowest BCUT2D eigenvalue weighted by molar-refractivity contribution is -0.153. The average molecular weight is 467 g/mol. The SMILES string of the molecule is O=C(CNc1cc(S(=O)(=O)N2CCOCC2)ccc1OCC(F)(F)F)N1CCOCC1. The Labute approximate surface area is 178 Å². The molecule has 0 radical (unpaired) electrons. The molecule has 1 N–H and O–H groups in total. The summed E-state index contributed by atoms with van der Waals surface area (Å²) in [6.07, 6.45) is -4.57. The van der Waals surface area contributed by atoms with Crippen LogP contribution in [0.2, 0.25) is 0 Å². The molecular formula is C18H24F3N3O6S. The molecule has 1 aromatic carbocycles. The zero-order chi connectivity index (χ0) is 22.5. The highest BCUT2D eigenvalue weighted by atomic mass is 32.2. The highest BCUT2D eigenvalue weighted by molar-refractivity contribution is 7.89. The van der Waals surface area contributed by atoms with Gasteiger partial charge in [0.05, 0.1) is 43.6 Å². The topological polar surface area (TPSA) is 97.4 Å². The number of carbonyl (C=O) groups is 1. The number of anilines is 1. The molecule has 13 heteroatoms. The molecule has 0 spiro atoms. The van der Waals surface area contributed by atoms with E-state index in [2.05, 4.69) is 5.32 Å². The van der Waals surface area contributed by atoms with Gasteiger partial charge in [-0.2, -0.15) is 17.5 Å². The first-order chi connectivity index (χ1) is 14.7. The van der Waals surface area contributed by atoms with E-state index in [-0.39, 0.29) is 55.1 Å². The molecule has 9 nitrogen and oxygen atoms in total. The van der Waals surface area contributed by atoms with Crippen molar-refractivity contribution in [3.63, 3.8) is 0 Å². The van der Waals surface area contributed by atoms with Crippen LogP contribution < -0.4 is 10.1 Å². The van der Waals surface area contributed by atoms with Crippen molar-refractivity contribution in [2.45, 2.75) is 11.1 Å². The molecule has 1 amide bonds. The lowest BCUT2D eigenvalue weighted by Gasteiger charge is -2.27. The molecule has 0 saturated carbocycles. The van der Waals surface area contributed by atoms with Crippen molar-refractivity contribution >= 4 is 21.6 Å². The van der Waals surface area contributed by atoms with Crippen molar-refractivity contribution in [3.05, 3.63) is 18.2 Å². The van der Waals surface area contributed by atoms with Crippen LogP contribution in [-0.4, -0.2) is 95.5 Å². The Kier molecular flexibility index (Phi) is 7.62. The fourth-order valence-electron chi connectivity index (χ4n) is 3.12. The second-order valence-corrected chi connectivity index (χ2v) is 8.86. The molecule has 3 rings (SSSR count). The van der Waals surface area contributed by atoms with E-state index in [9.17, 15) is 26.4 Å². The summed E-state index contributed by atoms with van der Waals surface area (Å²) in [4.78, 5) is 13.8. The molecule has 0 aliphatic carbocycles. The Morgan fingerprint density at radius 1 is 1.06 bits per heavy atom. The molecule has 1 aromatic rings. The van der Waals surface area contributed by atoms with Crippen LogP contribution in [0, 0.1) is 0 Å². The first kappa shape index (κ1) is 23.6. The van der Waals surface area contributed by atoms with Crippen molar-refractivity contribution in [1.29, 1.82) is 0 Å². The number of sulfonamides is 1. The number of benzene rings is 1. The molecule has 174 valence electrons. The molecule has 0 bridgehead atoms. The summed E-state index contributed by atoms with van der Waals surface area (Å²) in [5.41, 5.74) is -0.0137. The lowest BCUT2D eigenvalue weighted by Crippen LogP contribution is -2.43. The summed E-state index contributed by atoms with van der Waals surface area (Å²) in [6.45, 7) is 0.693. The summed E-state index contributed by atoms with van der Waals surface area (Å²) in [6, 6.07) is 3.52. The van der Waals surface area contributed by atoms with Gasteiger partial charge < -0.3 is 24.4 Å². The van der Waals surface area contributed by atoms with E-state index in [1.54, 1.807) is 4.90 Å². The third-order valence-corrected chi connectivity index (χ3v) is 6.64. The van der Waals surface area contributed by atoms with Gasteiger partial charge in [0.15, 0.2) is 6.61 Å². The molecule has 2 saturated heterocycles. The lowest BCUT2D eigenvalue weighted by atomic mass is 10.3. The summed E-state index contributed by atoms with van der Waals surface area (Å²) in [5, 5.41) is 2.73. The van der Waals surface area contributed by atoms with Crippen LogP contribution >= 0.6 is 0 Å². The Balaban J connectivity index is 1.79. The van der Waals surface area contributed by atoms with Gasteiger partial charge in [0.2, 0.25) is 15.9 Å². The number of hydrogen-bond donors (Lipinski definition) is 1. The number of morpholine rings is 2. The smallest absolute Gasteiger partial charge is 0.422 e. The predicted molar refractivity (Wildman–Crippen MR) is 103 cm³/mol. The van der Waals surface area contributed by atoms with Crippen molar-refractivity contribution < 1.29 is 40.6 Å². The van der Waals surface area contributed by atoms with Crippen molar-refractivity contribution in [3.8, 4) is 5.75 Å². The maximum Gasteiger partial charge on any atom is 0.422 e. The second-order valence-electron chi connectivity index (χ2n) is 6.92. The normalized spacial score (nSPS) is 18.6. The van der Waals surface area contributed by atoms with Crippen LogP contribution in [0.15, 0.2) is 23.1 Å². The van der Waals surface area contributed by atoms with E-state index >= 15 is 0 Å². The number of amides is 1. The highest BCUT2D eigenvalue weighted by Crippen LogP contribution is 2.31. The first-order valence-corrected chi connectivity index (χ1v) is 11.1. The monoisotopic (exact) mass is 467 g/mol. The third-order valence-electron chi connectivity index (χ3n) is 4.74. The van der Waals surface area contributed by atoms with Gasteiger partial charge >= 0.3 is 6.18 Å². The van der Waals surface area contributed by atoms with Crippen LogP contribution in [0.1, 0.15) is 0 Å². The number of ether oxygens (including phenoxy) is 3. The summed E-state index contributed by atoms with van der Waals surface area (Å²) < 4.78 is 80.0. The third kappa shape index (κ3) is 6.45. The van der Waals surface area contributed by atoms with Gasteiger partial charge in [0.1, 0.15) is 5.75 Å². The number of halogens is 3. The fourth-order valence-corrected chi connectivity index (χ4v) is 4.56. The van der Waals surface area contributed by atoms with Gasteiger partial charge in [-0.15, -0.1) is 0 Å². The number of alkyl halides is 3. The summed E-state index contributed by atoms with van der Waals surface area (Å²) in [5.74, 6) is -0.487. The van der Waals surface area contributed by atoms with Gasteiger partial charge in [-0.1, -0.05) is 0 Å². The highest BCUT2D eigenvalue weighted by Gasteiger charge is 2.30. The van der Waals surface area contributed by atoms with Gasteiger partial charge in [-0.05, 0) is 18.2 Å². The molecule has 2 aliphatic heterocycles. The van der Waals surface area contributed by atoms with E-state index in [1.165, 1.54) is 16.4 Å². The van der Waals surface area contributed by atoms with Crippen molar-refractivity contribution in [1.82, 2.24) is 9.21 Å². The van der Waals surface area contributed by atoms with Gasteiger partial charge in [-0.25, -0.2) is 8.42 Å². The summed E-state index contributed by atoms with van der Waals surface area (Å²) in [7, 11) is -3.88. The number of rotatable bonds is 7. The zero-order valence-corrected chi connectivity index (χ0v) is 17.5. The number of nitrogens with one attached hydrogen (secondary N) is 1. The number of hydrogen-bond acceptors (Lipinski definition) is 7. The summed E-state index contributed by atoms with van der Waals surface area (Å²) >= 11 is 0. The van der Waals surface area contributed by atoms with Gasteiger partial charge in [0.25, 0.3) is 0 Å². The van der Waals surface area contributed by atoms with E-state index in [0.717, 1.165) is 6.07 Å². The van der Waals surface area contributed by atoms with E-state index in [0.29, 0.717) is 26.3 Å².